The Bertz CT molecular complexity index is 452. The summed E-state index contributed by atoms with van der Waals surface area (Å²) in [4.78, 5) is 10.1. The van der Waals surface area contributed by atoms with E-state index in [9.17, 15) is 0 Å². The van der Waals surface area contributed by atoms with Crippen molar-refractivity contribution in [3.8, 4) is 0 Å². The van der Waals surface area contributed by atoms with Gasteiger partial charge in [-0.25, -0.2) is 4.98 Å². The lowest BCUT2D eigenvalue weighted by atomic mass is 10.3. The van der Waals surface area contributed by atoms with Crippen molar-refractivity contribution in [1.29, 1.82) is 0 Å². The molecule has 0 atom stereocenters. The van der Waals surface area contributed by atoms with E-state index in [4.69, 9.17) is 5.73 Å². The Morgan fingerprint density at radius 2 is 2.24 bits per heavy atom. The first-order valence-electron chi connectivity index (χ1n) is 5.64. The largest absolute Gasteiger partial charge is 0.396 e. The maximum Gasteiger partial charge on any atom is 0.0945 e. The number of anilines is 2. The van der Waals surface area contributed by atoms with Gasteiger partial charge in [0.25, 0.3) is 0 Å². The lowest BCUT2D eigenvalue weighted by Crippen LogP contribution is -2.20. The molecule has 2 heterocycles. The molecule has 0 aliphatic heterocycles. The van der Waals surface area contributed by atoms with Crippen LogP contribution in [0.1, 0.15) is 6.42 Å². The van der Waals surface area contributed by atoms with Gasteiger partial charge in [0, 0.05) is 38.7 Å². The van der Waals surface area contributed by atoms with Gasteiger partial charge < -0.3 is 15.2 Å². The van der Waals surface area contributed by atoms with Crippen LogP contribution in [0, 0.1) is 0 Å². The number of nitrogen functional groups attached to an aromatic ring is 1. The summed E-state index contributed by atoms with van der Waals surface area (Å²) in [5, 5.41) is 0. The molecule has 5 heteroatoms. The SMILES string of the molecule is CN(CCCn1ccnc1)c1ccncc1N. The molecular weight excluding hydrogens is 214 g/mol. The molecule has 0 fully saturated rings. The van der Waals surface area contributed by atoms with E-state index in [0.29, 0.717) is 0 Å². The first-order valence-corrected chi connectivity index (χ1v) is 5.64. The van der Waals surface area contributed by atoms with Crippen LogP contribution in [0.25, 0.3) is 0 Å². The van der Waals surface area contributed by atoms with Crippen molar-refractivity contribution in [3.63, 3.8) is 0 Å². The maximum absolute atomic E-state index is 5.87. The van der Waals surface area contributed by atoms with Gasteiger partial charge in [0.15, 0.2) is 0 Å². The Balaban J connectivity index is 1.85. The van der Waals surface area contributed by atoms with E-state index < -0.39 is 0 Å². The molecule has 0 aromatic carbocycles. The van der Waals surface area contributed by atoms with Crippen molar-refractivity contribution < 1.29 is 0 Å². The predicted octanol–water partition coefficient (Wildman–Crippen LogP) is 1.39. The Hall–Kier alpha value is -2.04. The second kappa shape index (κ2) is 5.34. The minimum absolute atomic E-state index is 0.720. The van der Waals surface area contributed by atoms with Gasteiger partial charge in [-0.1, -0.05) is 0 Å². The zero-order valence-electron chi connectivity index (χ0n) is 9.95. The molecule has 0 saturated carbocycles. The number of hydrogen-bond acceptors (Lipinski definition) is 4. The minimum atomic E-state index is 0.720. The van der Waals surface area contributed by atoms with Crippen LogP contribution in [0.5, 0.6) is 0 Å². The molecule has 2 aromatic rings. The highest BCUT2D eigenvalue weighted by Gasteiger charge is 2.04. The van der Waals surface area contributed by atoms with Crippen molar-refractivity contribution in [2.24, 2.45) is 0 Å². The molecule has 5 nitrogen and oxygen atoms in total. The van der Waals surface area contributed by atoms with E-state index >= 15 is 0 Å². The summed E-state index contributed by atoms with van der Waals surface area (Å²) in [5.41, 5.74) is 7.62. The van der Waals surface area contributed by atoms with Gasteiger partial charge in [-0.05, 0) is 12.5 Å². The molecule has 17 heavy (non-hydrogen) atoms. The van der Waals surface area contributed by atoms with E-state index in [2.05, 4.69) is 19.4 Å². The molecular formula is C12H17N5. The predicted molar refractivity (Wildman–Crippen MR) is 68.8 cm³/mol. The number of aryl methyl sites for hydroxylation is 1. The zero-order valence-corrected chi connectivity index (χ0v) is 9.95. The lowest BCUT2D eigenvalue weighted by molar-refractivity contribution is 0.638. The maximum atomic E-state index is 5.87. The van der Waals surface area contributed by atoms with E-state index in [0.717, 1.165) is 30.9 Å². The third-order valence-electron chi connectivity index (χ3n) is 2.71. The first-order chi connectivity index (χ1) is 8.27. The summed E-state index contributed by atoms with van der Waals surface area (Å²) >= 11 is 0. The van der Waals surface area contributed by atoms with Crippen LogP contribution in [0.4, 0.5) is 11.4 Å². The van der Waals surface area contributed by atoms with Crippen molar-refractivity contribution in [3.05, 3.63) is 37.2 Å². The van der Waals surface area contributed by atoms with Crippen molar-refractivity contribution in [1.82, 2.24) is 14.5 Å². The summed E-state index contributed by atoms with van der Waals surface area (Å²) in [7, 11) is 2.04. The quantitative estimate of drug-likeness (QED) is 0.844. The van der Waals surface area contributed by atoms with Gasteiger partial charge in [0.05, 0.1) is 23.9 Å². The van der Waals surface area contributed by atoms with Crippen LogP contribution in [0.15, 0.2) is 37.2 Å². The van der Waals surface area contributed by atoms with E-state index in [1.54, 1.807) is 18.6 Å². The summed E-state index contributed by atoms with van der Waals surface area (Å²) < 4.78 is 2.07. The number of hydrogen-bond donors (Lipinski definition) is 1. The second-order valence-electron chi connectivity index (χ2n) is 4.01. The summed E-state index contributed by atoms with van der Waals surface area (Å²) in [6.07, 6.45) is 10.1. The molecule has 0 spiro atoms. The summed E-state index contributed by atoms with van der Waals surface area (Å²) in [6, 6.07) is 1.94. The number of rotatable bonds is 5. The molecule has 2 rings (SSSR count). The smallest absolute Gasteiger partial charge is 0.0945 e. The highest BCUT2D eigenvalue weighted by Crippen LogP contribution is 2.19. The van der Waals surface area contributed by atoms with Crippen LogP contribution in [0.2, 0.25) is 0 Å². The molecule has 2 aromatic heterocycles. The number of nitrogens with two attached hydrogens (primary N) is 1. The number of aromatic nitrogens is 3. The fourth-order valence-corrected chi connectivity index (χ4v) is 1.78. The van der Waals surface area contributed by atoms with Crippen LogP contribution in [-0.4, -0.2) is 28.1 Å². The topological polar surface area (TPSA) is 60.0 Å². The van der Waals surface area contributed by atoms with E-state index in [1.807, 2.05) is 25.6 Å². The highest BCUT2D eigenvalue weighted by atomic mass is 15.1. The van der Waals surface area contributed by atoms with Gasteiger partial charge in [-0.15, -0.1) is 0 Å². The van der Waals surface area contributed by atoms with Gasteiger partial charge in [-0.3, -0.25) is 4.98 Å². The molecule has 0 aliphatic carbocycles. The van der Waals surface area contributed by atoms with E-state index in [-0.39, 0.29) is 0 Å². The number of nitrogens with zero attached hydrogens (tertiary/aromatic N) is 4. The average molecular weight is 231 g/mol. The van der Waals surface area contributed by atoms with Gasteiger partial charge >= 0.3 is 0 Å². The second-order valence-corrected chi connectivity index (χ2v) is 4.01. The average Bonchev–Trinajstić information content (AvgIpc) is 2.82. The van der Waals surface area contributed by atoms with Gasteiger partial charge in [0.1, 0.15) is 0 Å². The molecule has 0 bridgehead atoms. The van der Waals surface area contributed by atoms with Crippen molar-refractivity contribution >= 4 is 11.4 Å². The fraction of sp³-hybridized carbons (Fsp3) is 0.333. The zero-order chi connectivity index (χ0) is 12.1. The minimum Gasteiger partial charge on any atom is -0.396 e. The van der Waals surface area contributed by atoms with Crippen LogP contribution >= 0.6 is 0 Å². The Morgan fingerprint density at radius 3 is 2.94 bits per heavy atom. The van der Waals surface area contributed by atoms with Crippen molar-refractivity contribution in [2.45, 2.75) is 13.0 Å². The molecule has 2 N–H and O–H groups in total. The van der Waals surface area contributed by atoms with Gasteiger partial charge in [0.2, 0.25) is 0 Å². The Morgan fingerprint density at radius 1 is 1.35 bits per heavy atom. The molecule has 90 valence electrons. The van der Waals surface area contributed by atoms with Crippen molar-refractivity contribution in [2.75, 3.05) is 24.2 Å². The molecule has 0 unspecified atom stereocenters. The molecule has 0 saturated heterocycles. The summed E-state index contributed by atoms with van der Waals surface area (Å²) in [5.74, 6) is 0. The summed E-state index contributed by atoms with van der Waals surface area (Å²) in [6.45, 7) is 1.92. The molecule has 0 aliphatic rings. The first kappa shape index (κ1) is 11.4. The Labute approximate surface area is 101 Å². The molecule has 0 radical (unpaired) electrons. The standard InChI is InChI=1S/C12H17N5/c1-16(12-3-4-14-9-11(12)13)6-2-7-17-8-5-15-10-17/h3-5,8-10H,2,6-7,13H2,1H3. The van der Waals surface area contributed by atoms with Crippen LogP contribution in [0.3, 0.4) is 0 Å². The Kier molecular flexibility index (Phi) is 3.59. The van der Waals surface area contributed by atoms with Gasteiger partial charge in [-0.2, -0.15) is 0 Å². The monoisotopic (exact) mass is 231 g/mol. The normalized spacial score (nSPS) is 10.4. The van der Waals surface area contributed by atoms with Crippen LogP contribution in [-0.2, 0) is 6.54 Å². The highest BCUT2D eigenvalue weighted by molar-refractivity contribution is 5.65. The van der Waals surface area contributed by atoms with E-state index in [1.165, 1.54) is 0 Å². The number of imidazole rings is 1. The lowest BCUT2D eigenvalue weighted by Gasteiger charge is -2.20. The molecule has 0 amide bonds. The fourth-order valence-electron chi connectivity index (χ4n) is 1.78. The third kappa shape index (κ3) is 2.96. The number of pyridine rings is 1. The third-order valence-corrected chi connectivity index (χ3v) is 2.71. The van der Waals surface area contributed by atoms with Crippen LogP contribution < -0.4 is 10.6 Å².